The maximum atomic E-state index is 13.0. The van der Waals surface area contributed by atoms with Crippen LogP contribution in [0.25, 0.3) is 10.9 Å². The molecule has 1 amide bonds. The summed E-state index contributed by atoms with van der Waals surface area (Å²) in [6.07, 6.45) is 6.02. The highest BCUT2D eigenvalue weighted by Crippen LogP contribution is 2.33. The van der Waals surface area contributed by atoms with Gasteiger partial charge in [0.1, 0.15) is 5.82 Å². The summed E-state index contributed by atoms with van der Waals surface area (Å²) in [5, 5.41) is 3.61. The van der Waals surface area contributed by atoms with Gasteiger partial charge in [-0.15, -0.1) is 0 Å². The van der Waals surface area contributed by atoms with Crippen LogP contribution < -0.4 is 20.3 Å². The van der Waals surface area contributed by atoms with E-state index in [-0.39, 0.29) is 23.3 Å². The summed E-state index contributed by atoms with van der Waals surface area (Å²) in [5.74, 6) is 1.43. The van der Waals surface area contributed by atoms with E-state index in [4.69, 9.17) is 9.47 Å². The molecule has 2 N–H and O–H groups in total. The fraction of sp³-hybridized carbons (Fsp3) is 0.320. The second-order valence-corrected chi connectivity index (χ2v) is 7.85. The van der Waals surface area contributed by atoms with E-state index in [0.29, 0.717) is 54.0 Å². The van der Waals surface area contributed by atoms with Crippen molar-refractivity contribution in [1.29, 1.82) is 0 Å². The first-order valence-electron chi connectivity index (χ1n) is 10.7. The van der Waals surface area contributed by atoms with Crippen LogP contribution in [0.15, 0.2) is 59.4 Å². The van der Waals surface area contributed by atoms with Gasteiger partial charge in [0.25, 0.3) is 5.56 Å². The van der Waals surface area contributed by atoms with E-state index in [1.54, 1.807) is 20.3 Å². The lowest BCUT2D eigenvalue weighted by atomic mass is 9.81. The first-order chi connectivity index (χ1) is 15.6. The van der Waals surface area contributed by atoms with Gasteiger partial charge in [-0.05, 0) is 49.1 Å². The van der Waals surface area contributed by atoms with Gasteiger partial charge in [-0.1, -0.05) is 30.4 Å². The summed E-state index contributed by atoms with van der Waals surface area (Å²) in [5.41, 5.74) is 1.52. The van der Waals surface area contributed by atoms with Gasteiger partial charge in [0.2, 0.25) is 5.91 Å². The third-order valence-corrected chi connectivity index (χ3v) is 5.91. The van der Waals surface area contributed by atoms with Crippen LogP contribution >= 0.6 is 0 Å². The molecule has 0 aliphatic heterocycles. The van der Waals surface area contributed by atoms with Crippen molar-refractivity contribution in [1.82, 2.24) is 15.3 Å². The first-order valence-corrected chi connectivity index (χ1v) is 10.7. The Morgan fingerprint density at radius 2 is 1.88 bits per heavy atom. The molecule has 1 aliphatic carbocycles. The van der Waals surface area contributed by atoms with Gasteiger partial charge < -0.3 is 19.8 Å². The fourth-order valence-electron chi connectivity index (χ4n) is 4.18. The van der Waals surface area contributed by atoms with Gasteiger partial charge in [0.05, 0.1) is 31.0 Å². The van der Waals surface area contributed by atoms with Crippen molar-refractivity contribution in [2.24, 2.45) is 5.92 Å². The minimum absolute atomic E-state index is 0.0318. The van der Waals surface area contributed by atoms with Crippen LogP contribution in [0.2, 0.25) is 0 Å². The minimum Gasteiger partial charge on any atom is -0.493 e. The van der Waals surface area contributed by atoms with Gasteiger partial charge in [0.15, 0.2) is 11.5 Å². The summed E-state index contributed by atoms with van der Waals surface area (Å²) in [6, 6.07) is 13.0. The summed E-state index contributed by atoms with van der Waals surface area (Å²) in [6.45, 7) is 0.503. The van der Waals surface area contributed by atoms with Gasteiger partial charge in [-0.3, -0.25) is 9.59 Å². The number of aromatic nitrogens is 2. The van der Waals surface area contributed by atoms with E-state index in [1.165, 1.54) is 0 Å². The molecule has 2 unspecified atom stereocenters. The van der Waals surface area contributed by atoms with Crippen molar-refractivity contribution in [2.75, 3.05) is 20.8 Å². The molecule has 1 aliphatic rings. The van der Waals surface area contributed by atoms with Crippen LogP contribution in [-0.4, -0.2) is 36.6 Å². The number of carbonyl (C=O) groups excluding carboxylic acids is 1. The van der Waals surface area contributed by atoms with E-state index >= 15 is 0 Å². The molecule has 1 aromatic heterocycles. The Balaban J connectivity index is 1.46. The van der Waals surface area contributed by atoms with Gasteiger partial charge in [-0.2, -0.15) is 0 Å². The van der Waals surface area contributed by atoms with Crippen LogP contribution in [0.5, 0.6) is 11.5 Å². The number of carbonyl (C=O) groups is 1. The van der Waals surface area contributed by atoms with E-state index in [9.17, 15) is 9.59 Å². The van der Waals surface area contributed by atoms with Crippen molar-refractivity contribution in [3.05, 3.63) is 76.4 Å². The van der Waals surface area contributed by atoms with Crippen molar-refractivity contribution < 1.29 is 14.3 Å². The second-order valence-electron chi connectivity index (χ2n) is 7.85. The lowest BCUT2D eigenvalue weighted by Gasteiger charge is -2.27. The number of benzene rings is 2. The third-order valence-electron chi connectivity index (χ3n) is 5.91. The molecule has 0 spiro atoms. The molecule has 0 radical (unpaired) electrons. The maximum absolute atomic E-state index is 13.0. The van der Waals surface area contributed by atoms with Crippen molar-refractivity contribution in [2.45, 2.75) is 25.2 Å². The SMILES string of the molecule is COc1ccc(CCNC(=O)C2CC=CCC2c2nc3ccccc3c(=O)[nH]2)cc1OC. The number of amides is 1. The Hall–Kier alpha value is -3.61. The summed E-state index contributed by atoms with van der Waals surface area (Å²) >= 11 is 0. The topological polar surface area (TPSA) is 93.3 Å². The van der Waals surface area contributed by atoms with Gasteiger partial charge in [0, 0.05) is 12.5 Å². The van der Waals surface area contributed by atoms with Crippen LogP contribution in [0.1, 0.15) is 30.1 Å². The molecule has 32 heavy (non-hydrogen) atoms. The van der Waals surface area contributed by atoms with Gasteiger partial charge in [-0.25, -0.2) is 4.98 Å². The predicted molar refractivity (Wildman–Crippen MR) is 123 cm³/mol. The predicted octanol–water partition coefficient (Wildman–Crippen LogP) is 3.35. The molecule has 2 aromatic carbocycles. The Bertz CT molecular complexity index is 1200. The highest BCUT2D eigenvalue weighted by atomic mass is 16.5. The van der Waals surface area contributed by atoms with E-state index in [1.807, 2.05) is 48.6 Å². The number of H-pyrrole nitrogens is 1. The molecule has 166 valence electrons. The number of nitrogens with one attached hydrogen (secondary N) is 2. The quantitative estimate of drug-likeness (QED) is 0.558. The number of nitrogens with zero attached hydrogens (tertiary/aromatic N) is 1. The molecule has 7 nitrogen and oxygen atoms in total. The summed E-state index contributed by atoms with van der Waals surface area (Å²) in [4.78, 5) is 33.1. The Kier molecular flexibility index (Phi) is 6.54. The number of rotatable bonds is 7. The van der Waals surface area contributed by atoms with Crippen LogP contribution in [-0.2, 0) is 11.2 Å². The van der Waals surface area contributed by atoms with Crippen LogP contribution in [0.4, 0.5) is 0 Å². The Morgan fingerprint density at radius 1 is 1.09 bits per heavy atom. The first kappa shape index (κ1) is 21.6. The molecule has 4 rings (SSSR count). The van der Waals surface area contributed by atoms with Crippen molar-refractivity contribution in [3.8, 4) is 11.5 Å². The largest absolute Gasteiger partial charge is 0.493 e. The monoisotopic (exact) mass is 433 g/mol. The molecule has 2 atom stereocenters. The molecule has 0 fully saturated rings. The van der Waals surface area contributed by atoms with E-state index in [0.717, 1.165) is 5.56 Å². The van der Waals surface area contributed by atoms with E-state index < -0.39 is 0 Å². The molecule has 0 bridgehead atoms. The normalized spacial score (nSPS) is 17.8. The number of para-hydroxylation sites is 1. The number of allylic oxidation sites excluding steroid dienone is 2. The lowest BCUT2D eigenvalue weighted by molar-refractivity contribution is -0.125. The Morgan fingerprint density at radius 3 is 2.69 bits per heavy atom. The molecular weight excluding hydrogens is 406 g/mol. The van der Waals surface area contributed by atoms with Crippen molar-refractivity contribution >= 4 is 16.8 Å². The zero-order chi connectivity index (χ0) is 22.5. The number of aromatic amines is 1. The average Bonchev–Trinajstić information content (AvgIpc) is 2.83. The average molecular weight is 434 g/mol. The summed E-state index contributed by atoms with van der Waals surface area (Å²) in [7, 11) is 3.20. The Labute approximate surface area is 186 Å². The standard InChI is InChI=1S/C25H27N3O4/c1-31-21-12-11-16(15-22(21)32-2)13-14-26-24(29)18-8-4-3-7-17(18)23-27-20-10-6-5-9-19(20)25(30)28-23/h3-6,9-12,15,17-18H,7-8,13-14H2,1-2H3,(H,26,29)(H,27,28,30). The molecule has 0 saturated heterocycles. The van der Waals surface area contributed by atoms with E-state index in [2.05, 4.69) is 15.3 Å². The third kappa shape index (κ3) is 4.51. The highest BCUT2D eigenvalue weighted by molar-refractivity contribution is 5.80. The number of methoxy groups -OCH3 is 2. The molecular formula is C25H27N3O4. The minimum atomic E-state index is -0.283. The number of hydrogen-bond donors (Lipinski definition) is 2. The number of fused-ring (bicyclic) bond motifs is 1. The fourth-order valence-corrected chi connectivity index (χ4v) is 4.18. The molecule has 1 heterocycles. The van der Waals surface area contributed by atoms with Crippen LogP contribution in [0.3, 0.4) is 0 Å². The van der Waals surface area contributed by atoms with Gasteiger partial charge >= 0.3 is 0 Å². The number of ether oxygens (including phenoxy) is 2. The number of hydrogen-bond acceptors (Lipinski definition) is 5. The molecule has 0 saturated carbocycles. The summed E-state index contributed by atoms with van der Waals surface area (Å²) < 4.78 is 10.6. The molecule has 7 heteroatoms. The highest BCUT2D eigenvalue weighted by Gasteiger charge is 2.31. The lowest BCUT2D eigenvalue weighted by Crippen LogP contribution is -2.37. The zero-order valence-corrected chi connectivity index (χ0v) is 18.3. The van der Waals surface area contributed by atoms with Crippen molar-refractivity contribution in [3.63, 3.8) is 0 Å². The van der Waals surface area contributed by atoms with Crippen LogP contribution in [0, 0.1) is 5.92 Å². The smallest absolute Gasteiger partial charge is 0.258 e. The molecule has 3 aromatic rings. The maximum Gasteiger partial charge on any atom is 0.258 e. The second kappa shape index (κ2) is 9.68. The zero-order valence-electron chi connectivity index (χ0n) is 18.3.